The summed E-state index contributed by atoms with van der Waals surface area (Å²) in [6.45, 7) is 6.48. The highest BCUT2D eigenvalue weighted by Gasteiger charge is 2.15. The summed E-state index contributed by atoms with van der Waals surface area (Å²) in [5.41, 5.74) is 0. The molecule has 0 saturated heterocycles. The van der Waals surface area contributed by atoms with Crippen molar-refractivity contribution in [1.29, 1.82) is 0 Å². The van der Waals surface area contributed by atoms with Gasteiger partial charge in [-0.1, -0.05) is 55.1 Å². The van der Waals surface area contributed by atoms with Gasteiger partial charge in [-0.05, 0) is 0 Å². The van der Waals surface area contributed by atoms with Gasteiger partial charge < -0.3 is 28.4 Å². The Bertz CT molecular complexity index is 990. The van der Waals surface area contributed by atoms with Gasteiger partial charge in [0.2, 0.25) is 0 Å². The maximum Gasteiger partial charge on any atom is 0.330 e. The van der Waals surface area contributed by atoms with E-state index in [-0.39, 0.29) is 6.61 Å². The van der Waals surface area contributed by atoms with Crippen LogP contribution in [0.2, 0.25) is 0 Å². The highest BCUT2D eigenvalue weighted by Crippen LogP contribution is 2.42. The maximum atomic E-state index is 10.9. The van der Waals surface area contributed by atoms with Gasteiger partial charge in [-0.2, -0.15) is 0 Å². The minimum atomic E-state index is -0.457. The van der Waals surface area contributed by atoms with Crippen LogP contribution in [0.4, 0.5) is 0 Å². The zero-order valence-corrected chi connectivity index (χ0v) is 18.9. The molecular formula is C26H30O7. The van der Waals surface area contributed by atoms with Gasteiger partial charge in [0.15, 0.2) is 0 Å². The Morgan fingerprint density at radius 2 is 1.12 bits per heavy atom. The molecule has 0 bridgehead atoms. The van der Waals surface area contributed by atoms with Crippen LogP contribution in [0.15, 0.2) is 61.2 Å². The summed E-state index contributed by atoms with van der Waals surface area (Å²) in [7, 11) is 1.66. The topological polar surface area (TPSA) is 72.5 Å². The second kappa shape index (κ2) is 13.4. The second-order valence-electron chi connectivity index (χ2n) is 7.04. The van der Waals surface area contributed by atoms with Crippen molar-refractivity contribution >= 4 is 27.5 Å². The lowest BCUT2D eigenvalue weighted by Crippen LogP contribution is -2.14. The van der Waals surface area contributed by atoms with Crippen LogP contribution in [-0.2, 0) is 23.7 Å². The van der Waals surface area contributed by atoms with E-state index in [9.17, 15) is 4.79 Å². The van der Waals surface area contributed by atoms with Crippen LogP contribution in [0.3, 0.4) is 0 Å². The van der Waals surface area contributed by atoms with Crippen molar-refractivity contribution in [2.45, 2.75) is 0 Å². The zero-order valence-electron chi connectivity index (χ0n) is 18.9. The predicted octanol–water partition coefficient (Wildman–Crippen LogP) is 4.16. The van der Waals surface area contributed by atoms with Gasteiger partial charge >= 0.3 is 5.97 Å². The standard InChI is InChI=1S/C26H30O7/c1-3-24(27)31-18-15-29-13-14-30-16-19-33-26-22-10-6-4-8-20(22)25(32-17-12-28-2)21-9-5-7-11-23(21)26/h3-11H,1,12-19H2,2H3. The third-order valence-corrected chi connectivity index (χ3v) is 4.85. The number of hydrogen-bond acceptors (Lipinski definition) is 7. The van der Waals surface area contributed by atoms with Crippen molar-refractivity contribution in [3.8, 4) is 11.5 Å². The third kappa shape index (κ3) is 6.92. The van der Waals surface area contributed by atoms with Crippen LogP contribution in [-0.4, -0.2) is 65.9 Å². The molecular weight excluding hydrogens is 424 g/mol. The summed E-state index contributed by atoms with van der Waals surface area (Å²) in [6, 6.07) is 16.1. The van der Waals surface area contributed by atoms with Gasteiger partial charge in [0.05, 0.1) is 33.0 Å². The van der Waals surface area contributed by atoms with Crippen molar-refractivity contribution < 1.29 is 33.2 Å². The summed E-state index contributed by atoms with van der Waals surface area (Å²) < 4.78 is 33.2. The molecule has 0 spiro atoms. The number of ether oxygens (including phenoxy) is 6. The summed E-state index contributed by atoms with van der Waals surface area (Å²) in [5, 5.41) is 3.96. The average Bonchev–Trinajstić information content (AvgIpc) is 2.85. The van der Waals surface area contributed by atoms with Gasteiger partial charge in [-0.25, -0.2) is 4.79 Å². The summed E-state index contributed by atoms with van der Waals surface area (Å²) in [4.78, 5) is 10.9. The summed E-state index contributed by atoms with van der Waals surface area (Å²) >= 11 is 0. The van der Waals surface area contributed by atoms with E-state index in [0.717, 1.165) is 39.1 Å². The largest absolute Gasteiger partial charge is 0.490 e. The molecule has 0 fully saturated rings. The number of carbonyl (C=O) groups excluding carboxylic acids is 1. The molecule has 0 N–H and O–H groups in total. The van der Waals surface area contributed by atoms with Crippen LogP contribution in [0, 0.1) is 0 Å². The number of methoxy groups -OCH3 is 1. The van der Waals surface area contributed by atoms with Crippen LogP contribution in [0.1, 0.15) is 0 Å². The molecule has 0 heterocycles. The van der Waals surface area contributed by atoms with Crippen LogP contribution in [0.25, 0.3) is 21.5 Å². The number of esters is 1. The molecule has 0 unspecified atom stereocenters. The van der Waals surface area contributed by atoms with Crippen molar-refractivity contribution in [3.05, 3.63) is 61.2 Å². The van der Waals surface area contributed by atoms with E-state index in [0.29, 0.717) is 46.2 Å². The highest BCUT2D eigenvalue weighted by molar-refractivity contribution is 6.11. The molecule has 0 aliphatic rings. The lowest BCUT2D eigenvalue weighted by molar-refractivity contribution is -0.139. The zero-order chi connectivity index (χ0) is 23.3. The smallest absolute Gasteiger partial charge is 0.330 e. The van der Waals surface area contributed by atoms with E-state index in [1.807, 2.05) is 48.5 Å². The first kappa shape index (κ1) is 24.5. The molecule has 0 aromatic heterocycles. The Balaban J connectivity index is 1.58. The molecule has 3 aromatic carbocycles. The molecule has 0 aliphatic carbocycles. The SMILES string of the molecule is C=CC(=O)OCCOCCOCCOc1c2ccccc2c(OCCOC)c2ccccc12. The van der Waals surface area contributed by atoms with Crippen molar-refractivity contribution in [3.63, 3.8) is 0 Å². The van der Waals surface area contributed by atoms with E-state index in [2.05, 4.69) is 6.58 Å². The van der Waals surface area contributed by atoms with Crippen LogP contribution < -0.4 is 9.47 Å². The molecule has 0 amide bonds. The van der Waals surface area contributed by atoms with Crippen LogP contribution >= 0.6 is 0 Å². The Kier molecular flexibility index (Phi) is 9.97. The first-order chi connectivity index (χ1) is 16.3. The number of fused-ring (bicyclic) bond motifs is 2. The summed E-state index contributed by atoms with van der Waals surface area (Å²) in [5.74, 6) is 1.18. The Morgan fingerprint density at radius 3 is 1.58 bits per heavy atom. The second-order valence-corrected chi connectivity index (χ2v) is 7.04. The quantitative estimate of drug-likeness (QED) is 0.148. The van der Waals surface area contributed by atoms with Crippen molar-refractivity contribution in [1.82, 2.24) is 0 Å². The lowest BCUT2D eigenvalue weighted by Gasteiger charge is -2.18. The molecule has 3 rings (SSSR count). The molecule has 7 heteroatoms. The van der Waals surface area contributed by atoms with Crippen LogP contribution in [0.5, 0.6) is 11.5 Å². The number of benzene rings is 3. The molecule has 0 atom stereocenters. The molecule has 33 heavy (non-hydrogen) atoms. The van der Waals surface area contributed by atoms with E-state index in [1.165, 1.54) is 0 Å². The fourth-order valence-electron chi connectivity index (χ4n) is 3.37. The monoisotopic (exact) mass is 454 g/mol. The summed E-state index contributed by atoms with van der Waals surface area (Å²) in [6.07, 6.45) is 1.12. The first-order valence-electron chi connectivity index (χ1n) is 10.9. The fraction of sp³-hybridized carbons (Fsp3) is 0.346. The van der Waals surface area contributed by atoms with Crippen molar-refractivity contribution in [2.75, 3.05) is 60.0 Å². The normalized spacial score (nSPS) is 10.9. The van der Waals surface area contributed by atoms with E-state index in [1.54, 1.807) is 7.11 Å². The van der Waals surface area contributed by atoms with E-state index < -0.39 is 5.97 Å². The number of rotatable bonds is 15. The third-order valence-electron chi connectivity index (χ3n) is 4.85. The molecule has 0 radical (unpaired) electrons. The predicted molar refractivity (Wildman–Crippen MR) is 127 cm³/mol. The first-order valence-corrected chi connectivity index (χ1v) is 10.9. The van der Waals surface area contributed by atoms with Crippen molar-refractivity contribution in [2.24, 2.45) is 0 Å². The molecule has 3 aromatic rings. The van der Waals surface area contributed by atoms with Gasteiger partial charge in [0.1, 0.15) is 31.3 Å². The van der Waals surface area contributed by atoms with Gasteiger partial charge in [-0.3, -0.25) is 0 Å². The lowest BCUT2D eigenvalue weighted by atomic mass is 10.0. The van der Waals surface area contributed by atoms with Gasteiger partial charge in [0.25, 0.3) is 0 Å². The minimum absolute atomic E-state index is 0.194. The number of carbonyl (C=O) groups is 1. The molecule has 176 valence electrons. The highest BCUT2D eigenvalue weighted by atomic mass is 16.6. The van der Waals surface area contributed by atoms with Gasteiger partial charge in [0, 0.05) is 34.7 Å². The fourth-order valence-corrected chi connectivity index (χ4v) is 3.37. The molecule has 0 aliphatic heterocycles. The van der Waals surface area contributed by atoms with E-state index in [4.69, 9.17) is 28.4 Å². The Labute approximate surface area is 193 Å². The minimum Gasteiger partial charge on any atom is -0.490 e. The average molecular weight is 455 g/mol. The maximum absolute atomic E-state index is 10.9. The Hall–Kier alpha value is -3.13. The van der Waals surface area contributed by atoms with Gasteiger partial charge in [-0.15, -0.1) is 0 Å². The molecule has 7 nitrogen and oxygen atoms in total. The van der Waals surface area contributed by atoms with E-state index >= 15 is 0 Å². The molecule has 0 saturated carbocycles. The Morgan fingerprint density at radius 1 is 0.697 bits per heavy atom. The number of hydrogen-bond donors (Lipinski definition) is 0.